The van der Waals surface area contributed by atoms with Gasteiger partial charge in [-0.25, -0.2) is 4.39 Å². The summed E-state index contributed by atoms with van der Waals surface area (Å²) in [4.78, 5) is 0. The molecule has 3 heteroatoms. The van der Waals surface area contributed by atoms with Gasteiger partial charge in [-0.3, -0.25) is 0 Å². The lowest BCUT2D eigenvalue weighted by Crippen LogP contribution is -2.40. The van der Waals surface area contributed by atoms with Crippen LogP contribution >= 0.6 is 0 Å². The van der Waals surface area contributed by atoms with Crippen molar-refractivity contribution in [3.63, 3.8) is 0 Å². The molecule has 3 rings (SSSR count). The van der Waals surface area contributed by atoms with Crippen molar-refractivity contribution < 1.29 is 14.2 Å². The van der Waals surface area contributed by atoms with Gasteiger partial charge < -0.3 is 9.84 Å². The fourth-order valence-corrected chi connectivity index (χ4v) is 3.77. The van der Waals surface area contributed by atoms with E-state index in [-0.39, 0.29) is 11.4 Å². The molecule has 110 valence electrons. The lowest BCUT2D eigenvalue weighted by molar-refractivity contribution is -0.0253. The first kappa shape index (κ1) is 13.9. The first-order valence-corrected chi connectivity index (χ1v) is 7.78. The van der Waals surface area contributed by atoms with E-state index < -0.39 is 6.10 Å². The van der Waals surface area contributed by atoms with Gasteiger partial charge in [0, 0.05) is 12.0 Å². The molecule has 0 bridgehead atoms. The molecule has 2 aliphatic rings. The third-order valence-corrected chi connectivity index (χ3v) is 5.05. The molecule has 1 aromatic rings. The molecule has 1 aliphatic carbocycles. The van der Waals surface area contributed by atoms with Crippen LogP contribution in [-0.4, -0.2) is 10.7 Å². The Bertz CT molecular complexity index is 488. The van der Waals surface area contributed by atoms with Gasteiger partial charge in [0.15, 0.2) is 0 Å². The minimum atomic E-state index is -0.604. The van der Waals surface area contributed by atoms with Crippen molar-refractivity contribution in [3.05, 3.63) is 29.6 Å². The minimum Gasteiger partial charge on any atom is -0.487 e. The molecule has 1 spiro atoms. The standard InChI is InChI=1S/C17H23FO2/c1-2-12-4-3-8-17(9-7-12)11-15(19)14-10-13(18)5-6-16(14)20-17/h5-6,10,12,15,19H,2-4,7-9,11H2,1H3/t12?,15-,17?/m1/s1. The maximum Gasteiger partial charge on any atom is 0.126 e. The molecule has 0 amide bonds. The average Bonchev–Trinajstić information content (AvgIpc) is 2.62. The molecule has 1 fully saturated rings. The van der Waals surface area contributed by atoms with Crippen molar-refractivity contribution in [3.8, 4) is 5.75 Å². The van der Waals surface area contributed by atoms with Crippen LogP contribution in [0, 0.1) is 11.7 Å². The number of aliphatic hydroxyl groups excluding tert-OH is 1. The lowest BCUT2D eigenvalue weighted by Gasteiger charge is -2.40. The largest absolute Gasteiger partial charge is 0.487 e. The molecular weight excluding hydrogens is 255 g/mol. The first-order chi connectivity index (χ1) is 9.62. The van der Waals surface area contributed by atoms with Gasteiger partial charge >= 0.3 is 0 Å². The summed E-state index contributed by atoms with van der Waals surface area (Å²) in [6.45, 7) is 2.25. The second kappa shape index (κ2) is 5.36. The number of halogens is 1. The molecule has 2 nitrogen and oxygen atoms in total. The van der Waals surface area contributed by atoms with Crippen LogP contribution in [0.5, 0.6) is 5.75 Å². The third kappa shape index (κ3) is 2.56. The Morgan fingerprint density at radius 1 is 1.35 bits per heavy atom. The molecule has 3 atom stereocenters. The zero-order chi connectivity index (χ0) is 14.2. The van der Waals surface area contributed by atoms with Crippen molar-refractivity contribution in [1.82, 2.24) is 0 Å². The Balaban J connectivity index is 1.85. The molecular formula is C17H23FO2. The fourth-order valence-electron chi connectivity index (χ4n) is 3.77. The van der Waals surface area contributed by atoms with Crippen LogP contribution in [0.25, 0.3) is 0 Å². The SMILES string of the molecule is CCC1CCCC2(CC1)C[C@@H](O)c1cc(F)ccc1O2. The quantitative estimate of drug-likeness (QED) is 0.826. The molecule has 1 aliphatic heterocycles. The highest BCUT2D eigenvalue weighted by molar-refractivity contribution is 5.38. The van der Waals surface area contributed by atoms with Gasteiger partial charge in [0.25, 0.3) is 0 Å². The van der Waals surface area contributed by atoms with Crippen LogP contribution in [0.15, 0.2) is 18.2 Å². The zero-order valence-electron chi connectivity index (χ0n) is 12.1. The minimum absolute atomic E-state index is 0.242. The Kier molecular flexibility index (Phi) is 3.72. The Labute approximate surface area is 120 Å². The van der Waals surface area contributed by atoms with Crippen LogP contribution in [-0.2, 0) is 0 Å². The molecule has 1 saturated carbocycles. The highest BCUT2D eigenvalue weighted by Crippen LogP contribution is 2.46. The summed E-state index contributed by atoms with van der Waals surface area (Å²) in [5.74, 6) is 1.14. The predicted molar refractivity (Wildman–Crippen MR) is 76.2 cm³/mol. The van der Waals surface area contributed by atoms with Crippen molar-refractivity contribution in [1.29, 1.82) is 0 Å². The van der Waals surface area contributed by atoms with Crippen molar-refractivity contribution >= 4 is 0 Å². The van der Waals surface area contributed by atoms with Gasteiger partial charge in [-0.15, -0.1) is 0 Å². The maximum absolute atomic E-state index is 13.3. The number of hydrogen-bond acceptors (Lipinski definition) is 2. The maximum atomic E-state index is 13.3. The molecule has 1 N–H and O–H groups in total. The molecule has 1 aromatic carbocycles. The predicted octanol–water partition coefficient (Wildman–Crippen LogP) is 4.37. The Morgan fingerprint density at radius 2 is 2.20 bits per heavy atom. The number of benzene rings is 1. The van der Waals surface area contributed by atoms with E-state index in [0.29, 0.717) is 17.7 Å². The molecule has 20 heavy (non-hydrogen) atoms. The van der Waals surface area contributed by atoms with Gasteiger partial charge in [0.2, 0.25) is 0 Å². The number of aliphatic hydroxyl groups is 1. The van der Waals surface area contributed by atoms with Crippen LogP contribution in [0.3, 0.4) is 0 Å². The summed E-state index contributed by atoms with van der Waals surface area (Å²) in [7, 11) is 0. The van der Waals surface area contributed by atoms with E-state index in [1.807, 2.05) is 0 Å². The van der Waals surface area contributed by atoms with Gasteiger partial charge in [-0.05, 0) is 49.8 Å². The van der Waals surface area contributed by atoms with Gasteiger partial charge in [0.05, 0.1) is 6.10 Å². The first-order valence-electron chi connectivity index (χ1n) is 7.78. The van der Waals surface area contributed by atoms with E-state index >= 15 is 0 Å². The average molecular weight is 278 g/mol. The number of hydrogen-bond donors (Lipinski definition) is 1. The summed E-state index contributed by atoms with van der Waals surface area (Å²) in [5, 5.41) is 10.4. The van der Waals surface area contributed by atoms with Crippen LogP contribution in [0.4, 0.5) is 4.39 Å². The Hall–Kier alpha value is -1.09. The topological polar surface area (TPSA) is 29.5 Å². The summed E-state index contributed by atoms with van der Waals surface area (Å²) >= 11 is 0. The molecule has 2 unspecified atom stereocenters. The van der Waals surface area contributed by atoms with E-state index in [2.05, 4.69) is 6.92 Å². The van der Waals surface area contributed by atoms with E-state index in [4.69, 9.17) is 4.74 Å². The van der Waals surface area contributed by atoms with Crippen LogP contribution < -0.4 is 4.74 Å². The highest BCUT2D eigenvalue weighted by Gasteiger charge is 2.41. The molecule has 0 radical (unpaired) electrons. The summed E-state index contributed by atoms with van der Waals surface area (Å²) in [5.41, 5.74) is 0.362. The second-order valence-electron chi connectivity index (χ2n) is 6.39. The number of fused-ring (bicyclic) bond motifs is 1. The van der Waals surface area contributed by atoms with E-state index in [1.165, 1.54) is 31.4 Å². The molecule has 0 saturated heterocycles. The van der Waals surface area contributed by atoms with Crippen molar-refractivity contribution in [2.24, 2.45) is 5.92 Å². The van der Waals surface area contributed by atoms with Crippen LogP contribution in [0.1, 0.15) is 63.5 Å². The fraction of sp³-hybridized carbons (Fsp3) is 0.647. The van der Waals surface area contributed by atoms with Crippen LogP contribution in [0.2, 0.25) is 0 Å². The Morgan fingerprint density at radius 3 is 3.00 bits per heavy atom. The summed E-state index contributed by atoms with van der Waals surface area (Å²) in [6, 6.07) is 4.48. The van der Waals surface area contributed by atoms with E-state index in [0.717, 1.165) is 25.2 Å². The second-order valence-corrected chi connectivity index (χ2v) is 6.39. The van der Waals surface area contributed by atoms with Gasteiger partial charge in [-0.1, -0.05) is 19.8 Å². The number of rotatable bonds is 1. The van der Waals surface area contributed by atoms with Gasteiger partial charge in [-0.2, -0.15) is 0 Å². The zero-order valence-corrected chi connectivity index (χ0v) is 12.1. The van der Waals surface area contributed by atoms with Gasteiger partial charge in [0.1, 0.15) is 17.2 Å². The highest BCUT2D eigenvalue weighted by atomic mass is 19.1. The smallest absolute Gasteiger partial charge is 0.126 e. The van der Waals surface area contributed by atoms with Crippen molar-refractivity contribution in [2.75, 3.05) is 0 Å². The molecule has 0 aromatic heterocycles. The summed E-state index contributed by atoms with van der Waals surface area (Å²) in [6.07, 6.45) is 6.79. The number of ether oxygens (including phenoxy) is 1. The lowest BCUT2D eigenvalue weighted by atomic mass is 9.83. The van der Waals surface area contributed by atoms with Crippen molar-refractivity contribution in [2.45, 2.75) is 63.6 Å². The van der Waals surface area contributed by atoms with E-state index in [9.17, 15) is 9.50 Å². The third-order valence-electron chi connectivity index (χ3n) is 5.05. The van der Waals surface area contributed by atoms with E-state index in [1.54, 1.807) is 6.07 Å². The normalized spacial score (nSPS) is 33.4. The monoisotopic (exact) mass is 278 g/mol. The summed E-state index contributed by atoms with van der Waals surface area (Å²) < 4.78 is 19.5. The molecule has 1 heterocycles.